The number of carbonyl (C=O) groups is 1. The van der Waals surface area contributed by atoms with Crippen molar-refractivity contribution in [2.45, 2.75) is 13.8 Å². The summed E-state index contributed by atoms with van der Waals surface area (Å²) in [5.41, 5.74) is 4.10. The summed E-state index contributed by atoms with van der Waals surface area (Å²) in [5.74, 6) is 0.167. The topological polar surface area (TPSA) is 62.1 Å². The van der Waals surface area contributed by atoms with Gasteiger partial charge in [-0.25, -0.2) is 4.99 Å². The number of amidine groups is 1. The summed E-state index contributed by atoms with van der Waals surface area (Å²) in [7, 11) is 1.49. The van der Waals surface area contributed by atoms with Gasteiger partial charge in [-0.2, -0.15) is 0 Å². The van der Waals surface area contributed by atoms with E-state index in [1.54, 1.807) is 29.2 Å². The number of hydrogen-bond acceptors (Lipinski definition) is 5. The Balaban J connectivity index is 1.84. The first kappa shape index (κ1) is 20.8. The van der Waals surface area contributed by atoms with Crippen LogP contribution in [0.15, 0.2) is 76.6 Å². The average molecular weight is 431 g/mol. The Morgan fingerprint density at radius 1 is 0.968 bits per heavy atom. The van der Waals surface area contributed by atoms with Gasteiger partial charge in [0, 0.05) is 5.56 Å². The number of anilines is 1. The molecule has 4 rings (SSSR count). The molecule has 0 atom stereocenters. The van der Waals surface area contributed by atoms with Crippen LogP contribution in [0.1, 0.15) is 16.7 Å². The third-order valence-corrected chi connectivity index (χ3v) is 6.00. The van der Waals surface area contributed by atoms with Crippen LogP contribution in [0.2, 0.25) is 0 Å². The average Bonchev–Trinajstić information content (AvgIpc) is 3.06. The number of amides is 1. The molecule has 0 spiro atoms. The molecule has 31 heavy (non-hydrogen) atoms. The van der Waals surface area contributed by atoms with Crippen molar-refractivity contribution in [3.63, 3.8) is 0 Å². The number of methoxy groups -OCH3 is 1. The van der Waals surface area contributed by atoms with Crippen LogP contribution in [0.3, 0.4) is 0 Å². The van der Waals surface area contributed by atoms with Crippen molar-refractivity contribution in [1.82, 2.24) is 0 Å². The molecule has 0 bridgehead atoms. The van der Waals surface area contributed by atoms with Gasteiger partial charge in [-0.1, -0.05) is 48.5 Å². The van der Waals surface area contributed by atoms with Gasteiger partial charge in [-0.15, -0.1) is 0 Å². The van der Waals surface area contributed by atoms with Gasteiger partial charge in [0.15, 0.2) is 16.7 Å². The Labute approximate surface area is 185 Å². The van der Waals surface area contributed by atoms with Crippen LogP contribution in [0.5, 0.6) is 11.5 Å². The highest BCUT2D eigenvalue weighted by Crippen LogP contribution is 2.40. The molecule has 1 aliphatic heterocycles. The number of aliphatic imine (C=N–C) groups is 1. The van der Waals surface area contributed by atoms with E-state index in [0.717, 1.165) is 22.5 Å². The van der Waals surface area contributed by atoms with Crippen molar-refractivity contribution in [3.8, 4) is 11.5 Å². The molecule has 1 heterocycles. The molecule has 156 valence electrons. The van der Waals surface area contributed by atoms with Gasteiger partial charge >= 0.3 is 0 Å². The van der Waals surface area contributed by atoms with E-state index >= 15 is 0 Å². The highest BCUT2D eigenvalue weighted by atomic mass is 32.2. The lowest BCUT2D eigenvalue weighted by Crippen LogP contribution is -2.29. The van der Waals surface area contributed by atoms with E-state index in [4.69, 9.17) is 9.73 Å². The Bertz CT molecular complexity index is 1220. The fourth-order valence-electron chi connectivity index (χ4n) is 3.33. The number of nitrogens with zero attached hydrogens (tertiary/aromatic N) is 2. The molecular formula is C25H22N2O3S. The Morgan fingerprint density at radius 2 is 1.68 bits per heavy atom. The molecule has 1 aliphatic rings. The number of aryl methyl sites for hydroxylation is 2. The largest absolute Gasteiger partial charge is 0.504 e. The maximum Gasteiger partial charge on any atom is 0.271 e. The van der Waals surface area contributed by atoms with Crippen LogP contribution < -0.4 is 9.64 Å². The molecule has 1 fully saturated rings. The first-order valence-electron chi connectivity index (χ1n) is 9.79. The van der Waals surface area contributed by atoms with Crippen LogP contribution in [-0.4, -0.2) is 23.3 Å². The van der Waals surface area contributed by atoms with Gasteiger partial charge in [0.25, 0.3) is 5.91 Å². The van der Waals surface area contributed by atoms with Crippen LogP contribution >= 0.6 is 11.8 Å². The molecule has 0 aromatic heterocycles. The summed E-state index contributed by atoms with van der Waals surface area (Å²) in [5, 5.41) is 11.0. The maximum atomic E-state index is 13.5. The van der Waals surface area contributed by atoms with E-state index in [1.807, 2.05) is 62.4 Å². The van der Waals surface area contributed by atoms with Gasteiger partial charge < -0.3 is 9.84 Å². The number of phenolic OH excluding ortho intramolecular Hbond substituents is 1. The van der Waals surface area contributed by atoms with Crippen molar-refractivity contribution in [1.29, 1.82) is 0 Å². The minimum absolute atomic E-state index is 0.00219. The minimum Gasteiger partial charge on any atom is -0.504 e. The van der Waals surface area contributed by atoms with Gasteiger partial charge in [-0.3, -0.25) is 9.69 Å². The summed E-state index contributed by atoms with van der Waals surface area (Å²) < 4.78 is 5.19. The van der Waals surface area contributed by atoms with E-state index < -0.39 is 0 Å². The number of phenols is 1. The lowest BCUT2D eigenvalue weighted by Gasteiger charge is -2.18. The molecule has 1 N–H and O–H groups in total. The van der Waals surface area contributed by atoms with Crippen molar-refractivity contribution >= 4 is 40.3 Å². The van der Waals surface area contributed by atoms with Crippen LogP contribution in [0.4, 0.5) is 11.4 Å². The normalized spacial score (nSPS) is 16.4. The van der Waals surface area contributed by atoms with Crippen molar-refractivity contribution < 1.29 is 14.6 Å². The summed E-state index contributed by atoms with van der Waals surface area (Å²) in [6.07, 6.45) is 1.68. The van der Waals surface area contributed by atoms with Gasteiger partial charge in [0.05, 0.1) is 23.4 Å². The number of aromatic hydroxyl groups is 1. The molecule has 1 amide bonds. The van der Waals surface area contributed by atoms with E-state index in [9.17, 15) is 9.90 Å². The number of para-hydroxylation sites is 3. The fraction of sp³-hybridized carbons (Fsp3) is 0.120. The predicted molar refractivity (Wildman–Crippen MR) is 127 cm³/mol. The summed E-state index contributed by atoms with van der Waals surface area (Å²) >= 11 is 1.29. The highest BCUT2D eigenvalue weighted by Gasteiger charge is 2.35. The molecule has 6 heteroatoms. The van der Waals surface area contributed by atoms with Crippen LogP contribution in [0, 0.1) is 13.8 Å². The number of thioether (sulfide) groups is 1. The molecule has 0 aliphatic carbocycles. The number of rotatable bonds is 4. The fourth-order valence-corrected chi connectivity index (χ4v) is 4.31. The predicted octanol–water partition coefficient (Wildman–Crippen LogP) is 5.83. The molecule has 0 saturated carbocycles. The van der Waals surface area contributed by atoms with Crippen molar-refractivity contribution in [2.24, 2.45) is 4.99 Å². The first-order valence-corrected chi connectivity index (χ1v) is 10.6. The summed E-state index contributed by atoms with van der Waals surface area (Å²) in [4.78, 5) is 20.4. The van der Waals surface area contributed by atoms with E-state index in [-0.39, 0.29) is 11.7 Å². The molecule has 1 saturated heterocycles. The highest BCUT2D eigenvalue weighted by molar-refractivity contribution is 8.19. The zero-order valence-corrected chi connectivity index (χ0v) is 18.3. The van der Waals surface area contributed by atoms with Gasteiger partial charge in [0.2, 0.25) is 0 Å². The SMILES string of the molecule is COc1cccc(/C=C2\SC(=Nc3ccccc3C)N(c3ccccc3C)C2=O)c1O. The number of benzene rings is 3. The summed E-state index contributed by atoms with van der Waals surface area (Å²) in [6.45, 7) is 3.96. The molecule has 5 nitrogen and oxygen atoms in total. The second-order valence-electron chi connectivity index (χ2n) is 7.12. The van der Waals surface area contributed by atoms with Gasteiger partial charge in [0.1, 0.15) is 0 Å². The van der Waals surface area contributed by atoms with Gasteiger partial charge in [-0.05, 0) is 61.0 Å². The second kappa shape index (κ2) is 8.70. The standard InChI is InChI=1S/C25H22N2O3S/c1-16-9-4-6-12-19(16)26-25-27(20-13-7-5-10-17(20)2)24(29)22(31-25)15-18-11-8-14-21(30-3)23(18)28/h4-15,28H,1-3H3/b22-15-,26-25?. The monoisotopic (exact) mass is 430 g/mol. The van der Waals surface area contributed by atoms with Crippen molar-refractivity contribution in [3.05, 3.63) is 88.3 Å². The number of hydrogen-bond donors (Lipinski definition) is 1. The van der Waals surface area contributed by atoms with E-state index in [0.29, 0.717) is 21.4 Å². The van der Waals surface area contributed by atoms with Crippen molar-refractivity contribution in [2.75, 3.05) is 12.0 Å². The Hall–Kier alpha value is -3.51. The maximum absolute atomic E-state index is 13.5. The molecule has 3 aromatic rings. The molecule has 3 aromatic carbocycles. The molecule has 0 radical (unpaired) electrons. The second-order valence-corrected chi connectivity index (χ2v) is 8.13. The lowest BCUT2D eigenvalue weighted by atomic mass is 10.1. The Kier molecular flexibility index (Phi) is 5.82. The zero-order chi connectivity index (χ0) is 22.0. The third-order valence-electron chi connectivity index (χ3n) is 5.03. The number of carbonyl (C=O) groups excluding carboxylic acids is 1. The first-order chi connectivity index (χ1) is 15.0. The third kappa shape index (κ3) is 4.07. The van der Waals surface area contributed by atoms with Crippen LogP contribution in [0.25, 0.3) is 6.08 Å². The smallest absolute Gasteiger partial charge is 0.271 e. The van der Waals surface area contributed by atoms with E-state index in [2.05, 4.69) is 0 Å². The quantitative estimate of drug-likeness (QED) is 0.529. The van der Waals surface area contributed by atoms with Crippen LogP contribution in [-0.2, 0) is 4.79 Å². The molecule has 0 unspecified atom stereocenters. The molecular weight excluding hydrogens is 408 g/mol. The summed E-state index contributed by atoms with van der Waals surface area (Å²) in [6, 6.07) is 20.7. The Morgan fingerprint density at radius 3 is 2.39 bits per heavy atom. The minimum atomic E-state index is -0.186. The zero-order valence-electron chi connectivity index (χ0n) is 17.5. The number of ether oxygens (including phenoxy) is 1. The van der Waals surface area contributed by atoms with E-state index in [1.165, 1.54) is 18.9 Å². The lowest BCUT2D eigenvalue weighted by molar-refractivity contribution is -0.113.